The number of aromatic nitrogens is 4. The molecule has 3 rings (SSSR count). The molecule has 2 N–H and O–H groups in total. The maximum absolute atomic E-state index is 6.19. The molecule has 20 heavy (non-hydrogen) atoms. The number of benzene rings is 1. The zero-order valence-electron chi connectivity index (χ0n) is 11.0. The van der Waals surface area contributed by atoms with Crippen molar-refractivity contribution in [3.05, 3.63) is 47.4 Å². The second-order valence-electron chi connectivity index (χ2n) is 4.57. The highest BCUT2D eigenvalue weighted by Gasteiger charge is 2.12. The quantitative estimate of drug-likeness (QED) is 0.804. The molecule has 0 aliphatic heterocycles. The smallest absolute Gasteiger partial charge is 0.0998 e. The standard InChI is InChI=1S/C14H14ClN5/c1-2-11(16)12-8-20(19-18-12)13-6-5-10(15)9-4-3-7-17-14(9)13/h3-8,11H,2,16H2,1H3. The molecule has 0 bridgehead atoms. The van der Waals surface area contributed by atoms with Gasteiger partial charge in [-0.05, 0) is 30.7 Å². The molecule has 1 unspecified atom stereocenters. The third-order valence-corrected chi connectivity index (χ3v) is 3.60. The van der Waals surface area contributed by atoms with E-state index in [1.54, 1.807) is 10.9 Å². The molecule has 0 saturated carbocycles. The van der Waals surface area contributed by atoms with Crippen LogP contribution in [-0.4, -0.2) is 20.0 Å². The molecule has 2 heterocycles. The first kappa shape index (κ1) is 13.0. The van der Waals surface area contributed by atoms with E-state index in [2.05, 4.69) is 15.3 Å². The minimum Gasteiger partial charge on any atom is -0.323 e. The van der Waals surface area contributed by atoms with E-state index in [1.165, 1.54) is 0 Å². The van der Waals surface area contributed by atoms with Gasteiger partial charge in [-0.2, -0.15) is 0 Å². The normalized spacial score (nSPS) is 12.8. The summed E-state index contributed by atoms with van der Waals surface area (Å²) >= 11 is 6.19. The summed E-state index contributed by atoms with van der Waals surface area (Å²) < 4.78 is 1.69. The fourth-order valence-electron chi connectivity index (χ4n) is 2.08. The third kappa shape index (κ3) is 2.15. The minimum atomic E-state index is -0.102. The van der Waals surface area contributed by atoms with Gasteiger partial charge in [0.15, 0.2) is 0 Å². The highest BCUT2D eigenvalue weighted by atomic mass is 35.5. The Hall–Kier alpha value is -1.98. The summed E-state index contributed by atoms with van der Waals surface area (Å²) in [5, 5.41) is 9.82. The average molecular weight is 288 g/mol. The summed E-state index contributed by atoms with van der Waals surface area (Å²) in [6, 6.07) is 7.41. The second-order valence-corrected chi connectivity index (χ2v) is 4.98. The Morgan fingerprint density at radius 1 is 1.35 bits per heavy atom. The zero-order valence-corrected chi connectivity index (χ0v) is 11.7. The predicted octanol–water partition coefficient (Wildman–Crippen LogP) is 2.88. The van der Waals surface area contributed by atoms with Crippen molar-refractivity contribution in [1.29, 1.82) is 0 Å². The Bertz CT molecular complexity index is 752. The van der Waals surface area contributed by atoms with Gasteiger partial charge in [0, 0.05) is 11.6 Å². The summed E-state index contributed by atoms with van der Waals surface area (Å²) in [5.41, 5.74) is 8.37. The summed E-state index contributed by atoms with van der Waals surface area (Å²) in [6.45, 7) is 2.02. The van der Waals surface area contributed by atoms with Crippen molar-refractivity contribution >= 4 is 22.5 Å². The van der Waals surface area contributed by atoms with Gasteiger partial charge in [0.2, 0.25) is 0 Å². The summed E-state index contributed by atoms with van der Waals surface area (Å²) in [4.78, 5) is 4.39. The lowest BCUT2D eigenvalue weighted by Crippen LogP contribution is -2.08. The van der Waals surface area contributed by atoms with Gasteiger partial charge in [0.05, 0.1) is 34.2 Å². The average Bonchev–Trinajstić information content (AvgIpc) is 2.97. The molecule has 0 saturated heterocycles. The minimum absolute atomic E-state index is 0.102. The van der Waals surface area contributed by atoms with E-state index in [9.17, 15) is 0 Å². The van der Waals surface area contributed by atoms with Gasteiger partial charge in [-0.15, -0.1) is 5.10 Å². The molecule has 0 radical (unpaired) electrons. The van der Waals surface area contributed by atoms with Crippen molar-refractivity contribution in [2.24, 2.45) is 5.73 Å². The molecule has 1 atom stereocenters. The highest BCUT2D eigenvalue weighted by Crippen LogP contribution is 2.27. The van der Waals surface area contributed by atoms with Crippen LogP contribution in [0.3, 0.4) is 0 Å². The van der Waals surface area contributed by atoms with E-state index in [0.29, 0.717) is 5.02 Å². The molecule has 2 aromatic heterocycles. The molecule has 0 aliphatic rings. The number of nitrogens with two attached hydrogens (primary N) is 1. The molecule has 0 fully saturated rings. The third-order valence-electron chi connectivity index (χ3n) is 3.27. The Morgan fingerprint density at radius 2 is 2.20 bits per heavy atom. The first-order valence-corrected chi connectivity index (χ1v) is 6.80. The highest BCUT2D eigenvalue weighted by molar-refractivity contribution is 6.35. The van der Waals surface area contributed by atoms with Gasteiger partial charge in [-0.1, -0.05) is 23.7 Å². The summed E-state index contributed by atoms with van der Waals surface area (Å²) in [7, 11) is 0. The van der Waals surface area contributed by atoms with Crippen LogP contribution in [0.1, 0.15) is 25.1 Å². The SMILES string of the molecule is CCC(N)c1cn(-c2ccc(Cl)c3cccnc23)nn1. The maximum atomic E-state index is 6.19. The van der Waals surface area contributed by atoms with E-state index in [1.807, 2.05) is 37.4 Å². The van der Waals surface area contributed by atoms with Gasteiger partial charge in [0.25, 0.3) is 0 Å². The summed E-state index contributed by atoms with van der Waals surface area (Å²) in [6.07, 6.45) is 4.39. The Kier molecular flexibility index (Phi) is 3.38. The molecule has 1 aromatic carbocycles. The zero-order chi connectivity index (χ0) is 14.1. The molecule has 0 spiro atoms. The first-order valence-electron chi connectivity index (χ1n) is 6.42. The molecule has 0 amide bonds. The van der Waals surface area contributed by atoms with Crippen LogP contribution in [-0.2, 0) is 0 Å². The topological polar surface area (TPSA) is 69.6 Å². The molecule has 3 aromatic rings. The van der Waals surface area contributed by atoms with Crippen LogP contribution in [0.5, 0.6) is 0 Å². The van der Waals surface area contributed by atoms with E-state index in [4.69, 9.17) is 17.3 Å². The van der Waals surface area contributed by atoms with Gasteiger partial charge in [0.1, 0.15) is 0 Å². The van der Waals surface area contributed by atoms with Crippen LogP contribution < -0.4 is 5.73 Å². The number of nitrogens with zero attached hydrogens (tertiary/aromatic N) is 4. The van der Waals surface area contributed by atoms with Crippen molar-refractivity contribution in [3.8, 4) is 5.69 Å². The first-order chi connectivity index (χ1) is 9.70. The lowest BCUT2D eigenvalue weighted by Gasteiger charge is -2.06. The molecule has 6 heteroatoms. The predicted molar refractivity (Wildman–Crippen MR) is 78.9 cm³/mol. The molecule has 0 aliphatic carbocycles. The van der Waals surface area contributed by atoms with E-state index in [0.717, 1.165) is 28.7 Å². The van der Waals surface area contributed by atoms with Crippen LogP contribution in [0.15, 0.2) is 36.7 Å². The van der Waals surface area contributed by atoms with Crippen molar-refractivity contribution in [1.82, 2.24) is 20.0 Å². The van der Waals surface area contributed by atoms with Gasteiger partial charge in [-0.25, -0.2) is 4.68 Å². The largest absolute Gasteiger partial charge is 0.323 e. The number of fused-ring (bicyclic) bond motifs is 1. The van der Waals surface area contributed by atoms with Crippen LogP contribution in [0.25, 0.3) is 16.6 Å². The van der Waals surface area contributed by atoms with E-state index < -0.39 is 0 Å². The number of hydrogen-bond acceptors (Lipinski definition) is 4. The molecule has 102 valence electrons. The fraction of sp³-hybridized carbons (Fsp3) is 0.214. The Labute approximate surface area is 121 Å². The summed E-state index contributed by atoms with van der Waals surface area (Å²) in [5.74, 6) is 0. The number of rotatable bonds is 3. The van der Waals surface area contributed by atoms with E-state index in [-0.39, 0.29) is 6.04 Å². The number of hydrogen-bond donors (Lipinski definition) is 1. The monoisotopic (exact) mass is 287 g/mol. The van der Waals surface area contributed by atoms with Gasteiger partial charge in [-0.3, -0.25) is 4.98 Å². The van der Waals surface area contributed by atoms with Crippen molar-refractivity contribution < 1.29 is 0 Å². The van der Waals surface area contributed by atoms with Crippen LogP contribution in [0.2, 0.25) is 5.02 Å². The van der Waals surface area contributed by atoms with Crippen molar-refractivity contribution in [2.45, 2.75) is 19.4 Å². The van der Waals surface area contributed by atoms with Crippen molar-refractivity contribution in [2.75, 3.05) is 0 Å². The van der Waals surface area contributed by atoms with Gasteiger partial charge >= 0.3 is 0 Å². The maximum Gasteiger partial charge on any atom is 0.0998 e. The van der Waals surface area contributed by atoms with Crippen LogP contribution in [0, 0.1) is 0 Å². The Morgan fingerprint density at radius 3 is 3.00 bits per heavy atom. The van der Waals surface area contributed by atoms with Crippen LogP contribution in [0.4, 0.5) is 0 Å². The molecular weight excluding hydrogens is 274 g/mol. The second kappa shape index (κ2) is 5.19. The number of pyridine rings is 1. The van der Waals surface area contributed by atoms with E-state index >= 15 is 0 Å². The number of halogens is 1. The lowest BCUT2D eigenvalue weighted by atomic mass is 10.2. The molecular formula is C14H14ClN5. The van der Waals surface area contributed by atoms with Crippen molar-refractivity contribution in [3.63, 3.8) is 0 Å². The lowest BCUT2D eigenvalue weighted by molar-refractivity contribution is 0.670. The molecule has 5 nitrogen and oxygen atoms in total. The Balaban J connectivity index is 2.15. The fourth-order valence-corrected chi connectivity index (χ4v) is 2.30. The van der Waals surface area contributed by atoms with Gasteiger partial charge < -0.3 is 5.73 Å². The van der Waals surface area contributed by atoms with Crippen LogP contribution >= 0.6 is 11.6 Å².